The highest BCUT2D eigenvalue weighted by Gasteiger charge is 2.17. The fourth-order valence-electron chi connectivity index (χ4n) is 2.08. The average Bonchev–Trinajstić information content (AvgIpc) is 2.84. The Hall–Kier alpha value is -1.14. The number of urea groups is 1. The van der Waals surface area contributed by atoms with Gasteiger partial charge < -0.3 is 15.7 Å². The number of aliphatic hydroxyl groups excluding tert-OH is 1. The van der Waals surface area contributed by atoms with Crippen LogP contribution in [0.4, 0.5) is 4.79 Å². The quantitative estimate of drug-likeness (QED) is 0.724. The van der Waals surface area contributed by atoms with Crippen molar-refractivity contribution in [2.75, 3.05) is 6.54 Å². The second-order valence-corrected chi connectivity index (χ2v) is 5.94. The number of hydrogen-bond donors (Lipinski definition) is 3. The third kappa shape index (κ3) is 5.09. The molecule has 0 saturated carbocycles. The van der Waals surface area contributed by atoms with Crippen molar-refractivity contribution in [3.05, 3.63) is 16.1 Å². The van der Waals surface area contributed by atoms with E-state index in [1.807, 2.05) is 33.1 Å². The Balaban J connectivity index is 2.36. The maximum Gasteiger partial charge on any atom is 0.315 e. The molecule has 3 N–H and O–H groups in total. The molecule has 0 spiro atoms. The van der Waals surface area contributed by atoms with Gasteiger partial charge in [-0.3, -0.25) is 0 Å². The topological polar surface area (TPSA) is 74.2 Å². The van der Waals surface area contributed by atoms with Crippen LogP contribution in [0, 0.1) is 12.8 Å². The summed E-state index contributed by atoms with van der Waals surface area (Å²) >= 11 is 1.53. The molecule has 0 aromatic carbocycles. The number of amides is 2. The van der Waals surface area contributed by atoms with Crippen molar-refractivity contribution in [2.24, 2.45) is 5.92 Å². The van der Waals surface area contributed by atoms with Crippen molar-refractivity contribution in [3.8, 4) is 0 Å². The Bertz CT molecular complexity index is 418. The van der Waals surface area contributed by atoms with Crippen LogP contribution in [0.25, 0.3) is 0 Å². The lowest BCUT2D eigenvalue weighted by atomic mass is 9.97. The van der Waals surface area contributed by atoms with E-state index in [9.17, 15) is 9.90 Å². The highest BCUT2D eigenvalue weighted by Crippen LogP contribution is 2.17. The number of aromatic nitrogens is 1. The molecule has 2 atom stereocenters. The molecule has 0 aliphatic heterocycles. The second kappa shape index (κ2) is 8.21. The van der Waals surface area contributed by atoms with E-state index in [0.29, 0.717) is 0 Å². The van der Waals surface area contributed by atoms with Gasteiger partial charge in [-0.05, 0) is 19.8 Å². The number of nitrogens with one attached hydrogen (secondary N) is 2. The van der Waals surface area contributed by atoms with Crippen molar-refractivity contribution in [2.45, 2.75) is 52.7 Å². The molecule has 2 amide bonds. The number of hydrogen-bond acceptors (Lipinski definition) is 4. The third-order valence-corrected chi connectivity index (χ3v) is 4.56. The van der Waals surface area contributed by atoms with Crippen LogP contribution in [0.15, 0.2) is 5.38 Å². The lowest BCUT2D eigenvalue weighted by Gasteiger charge is -2.21. The summed E-state index contributed by atoms with van der Waals surface area (Å²) < 4.78 is 0. The van der Waals surface area contributed by atoms with Crippen LogP contribution >= 0.6 is 11.3 Å². The molecule has 2 unspecified atom stereocenters. The van der Waals surface area contributed by atoms with Crippen LogP contribution in [0.5, 0.6) is 0 Å². The highest BCUT2D eigenvalue weighted by atomic mass is 32.1. The van der Waals surface area contributed by atoms with E-state index in [0.717, 1.165) is 23.5 Å². The molecule has 0 radical (unpaired) electrons. The van der Waals surface area contributed by atoms with Gasteiger partial charge in [0.1, 0.15) is 5.01 Å². The zero-order valence-corrected chi connectivity index (χ0v) is 13.5. The summed E-state index contributed by atoms with van der Waals surface area (Å²) in [6, 6.07) is -0.394. The molecular weight excluding hydrogens is 274 g/mol. The summed E-state index contributed by atoms with van der Waals surface area (Å²) in [4.78, 5) is 16.1. The minimum absolute atomic E-state index is 0.126. The van der Waals surface area contributed by atoms with E-state index >= 15 is 0 Å². The van der Waals surface area contributed by atoms with Crippen LogP contribution in [0.2, 0.25) is 0 Å². The first kappa shape index (κ1) is 16.9. The van der Waals surface area contributed by atoms with Gasteiger partial charge in [0, 0.05) is 17.6 Å². The lowest BCUT2D eigenvalue weighted by molar-refractivity contribution is 0.103. The maximum absolute atomic E-state index is 11.8. The molecule has 0 saturated heterocycles. The molecule has 1 heterocycles. The van der Waals surface area contributed by atoms with Crippen LogP contribution in [-0.2, 0) is 0 Å². The molecular formula is C14H25N3O2S. The van der Waals surface area contributed by atoms with Gasteiger partial charge in [0.2, 0.25) is 0 Å². The maximum atomic E-state index is 11.8. The van der Waals surface area contributed by atoms with E-state index in [2.05, 4.69) is 15.6 Å². The molecule has 20 heavy (non-hydrogen) atoms. The Morgan fingerprint density at radius 3 is 2.60 bits per heavy atom. The zero-order valence-electron chi connectivity index (χ0n) is 12.6. The third-order valence-electron chi connectivity index (χ3n) is 3.42. The molecule has 1 rings (SSSR count). The van der Waals surface area contributed by atoms with Gasteiger partial charge in [0.05, 0.1) is 12.1 Å². The first-order valence-corrected chi connectivity index (χ1v) is 8.00. The standard InChI is InChI=1S/C14H25N3O2S/c1-5-11(6-2)12(18)7-15-14(19)17-10(4)13-16-9(3)8-20-13/h8,10-12,18H,5-7H2,1-4H3,(H2,15,17,19). The molecule has 0 aliphatic rings. The van der Waals surface area contributed by atoms with Crippen molar-refractivity contribution >= 4 is 17.4 Å². The summed E-state index contributed by atoms with van der Waals surface area (Å²) in [7, 11) is 0. The Kier molecular flexibility index (Phi) is 6.95. The molecule has 0 bridgehead atoms. The summed E-state index contributed by atoms with van der Waals surface area (Å²) in [5.74, 6) is 0.231. The van der Waals surface area contributed by atoms with Gasteiger partial charge in [-0.1, -0.05) is 26.7 Å². The van der Waals surface area contributed by atoms with Crippen molar-refractivity contribution < 1.29 is 9.90 Å². The number of thiazole rings is 1. The summed E-state index contributed by atoms with van der Waals surface area (Å²) in [6.07, 6.45) is 1.33. The Morgan fingerprint density at radius 1 is 1.45 bits per heavy atom. The van der Waals surface area contributed by atoms with E-state index in [-0.39, 0.29) is 24.5 Å². The minimum atomic E-state index is -0.492. The number of rotatable bonds is 7. The SMILES string of the molecule is CCC(CC)C(O)CNC(=O)NC(C)c1nc(C)cs1. The summed E-state index contributed by atoms with van der Waals surface area (Å²) in [6.45, 7) is 8.20. The smallest absolute Gasteiger partial charge is 0.315 e. The largest absolute Gasteiger partial charge is 0.391 e. The molecule has 0 fully saturated rings. The predicted molar refractivity (Wildman–Crippen MR) is 81.9 cm³/mol. The van der Waals surface area contributed by atoms with E-state index in [4.69, 9.17) is 0 Å². The highest BCUT2D eigenvalue weighted by molar-refractivity contribution is 7.09. The van der Waals surface area contributed by atoms with E-state index in [1.165, 1.54) is 11.3 Å². The lowest BCUT2D eigenvalue weighted by Crippen LogP contribution is -2.42. The van der Waals surface area contributed by atoms with Crippen LogP contribution in [0.3, 0.4) is 0 Å². The average molecular weight is 299 g/mol. The Morgan fingerprint density at radius 2 is 2.10 bits per heavy atom. The number of aryl methyl sites for hydroxylation is 1. The molecule has 1 aromatic rings. The zero-order chi connectivity index (χ0) is 15.1. The van der Waals surface area contributed by atoms with Gasteiger partial charge in [0.15, 0.2) is 0 Å². The van der Waals surface area contributed by atoms with E-state index in [1.54, 1.807) is 0 Å². The normalized spacial score (nSPS) is 14.1. The first-order valence-electron chi connectivity index (χ1n) is 7.12. The van der Waals surface area contributed by atoms with Gasteiger partial charge in [-0.2, -0.15) is 0 Å². The molecule has 5 nitrogen and oxygen atoms in total. The van der Waals surface area contributed by atoms with Crippen molar-refractivity contribution in [1.29, 1.82) is 0 Å². The van der Waals surface area contributed by atoms with Gasteiger partial charge in [-0.15, -0.1) is 11.3 Å². The second-order valence-electron chi connectivity index (χ2n) is 5.05. The van der Waals surface area contributed by atoms with Crippen LogP contribution in [0.1, 0.15) is 50.4 Å². The van der Waals surface area contributed by atoms with Crippen molar-refractivity contribution in [1.82, 2.24) is 15.6 Å². The summed E-state index contributed by atoms with van der Waals surface area (Å²) in [5, 5.41) is 18.3. The number of nitrogens with zero attached hydrogens (tertiary/aromatic N) is 1. The Labute approximate surface area is 124 Å². The number of carbonyl (C=O) groups is 1. The van der Waals surface area contributed by atoms with Crippen LogP contribution < -0.4 is 10.6 Å². The first-order chi connectivity index (χ1) is 9.47. The monoisotopic (exact) mass is 299 g/mol. The van der Waals surface area contributed by atoms with Crippen molar-refractivity contribution in [3.63, 3.8) is 0 Å². The van der Waals surface area contributed by atoms with Gasteiger partial charge in [-0.25, -0.2) is 9.78 Å². The molecule has 1 aromatic heterocycles. The van der Waals surface area contributed by atoms with Crippen LogP contribution in [-0.4, -0.2) is 28.8 Å². The van der Waals surface area contributed by atoms with Gasteiger partial charge in [0.25, 0.3) is 0 Å². The molecule has 0 aliphatic carbocycles. The van der Waals surface area contributed by atoms with E-state index < -0.39 is 6.10 Å². The van der Waals surface area contributed by atoms with Gasteiger partial charge >= 0.3 is 6.03 Å². The fraction of sp³-hybridized carbons (Fsp3) is 0.714. The molecule has 114 valence electrons. The minimum Gasteiger partial charge on any atom is -0.391 e. The fourth-order valence-corrected chi connectivity index (χ4v) is 2.88. The number of carbonyl (C=O) groups excluding carboxylic acids is 1. The molecule has 6 heteroatoms. The number of aliphatic hydroxyl groups is 1. The summed E-state index contributed by atoms with van der Waals surface area (Å²) in [5.41, 5.74) is 0.961. The predicted octanol–water partition coefficient (Wildman–Crippen LogP) is 2.61.